The first kappa shape index (κ1) is 12.9. The van der Waals surface area contributed by atoms with E-state index in [1.807, 2.05) is 0 Å². The molecule has 1 saturated heterocycles. The summed E-state index contributed by atoms with van der Waals surface area (Å²) >= 11 is 0. The number of ether oxygens (including phenoxy) is 1. The molecule has 1 aliphatic rings. The SMILES string of the molecule is CC(O)CCNS(=O)(=O)C1CCOCC1. The van der Waals surface area contributed by atoms with E-state index in [-0.39, 0.29) is 5.25 Å². The van der Waals surface area contributed by atoms with Gasteiger partial charge in [-0.15, -0.1) is 0 Å². The molecule has 1 fully saturated rings. The summed E-state index contributed by atoms with van der Waals surface area (Å²) < 4.78 is 31.1. The Balaban J connectivity index is 2.36. The van der Waals surface area contributed by atoms with Crippen LogP contribution in [0.15, 0.2) is 0 Å². The van der Waals surface area contributed by atoms with Crippen LogP contribution in [0.1, 0.15) is 26.2 Å². The summed E-state index contributed by atoms with van der Waals surface area (Å²) in [7, 11) is -3.22. The summed E-state index contributed by atoms with van der Waals surface area (Å²) in [6.07, 6.45) is 1.10. The lowest BCUT2D eigenvalue weighted by Crippen LogP contribution is -2.38. The van der Waals surface area contributed by atoms with Gasteiger partial charge in [-0.25, -0.2) is 13.1 Å². The van der Waals surface area contributed by atoms with Gasteiger partial charge in [0, 0.05) is 19.8 Å². The number of aliphatic hydroxyl groups is 1. The average molecular weight is 237 g/mol. The van der Waals surface area contributed by atoms with Gasteiger partial charge in [0.25, 0.3) is 0 Å². The zero-order chi connectivity index (χ0) is 11.3. The van der Waals surface area contributed by atoms with E-state index in [4.69, 9.17) is 9.84 Å². The molecule has 6 heteroatoms. The molecule has 1 unspecified atom stereocenters. The first-order valence-corrected chi connectivity index (χ1v) is 6.81. The Morgan fingerprint density at radius 2 is 2.07 bits per heavy atom. The standard InChI is InChI=1S/C9H19NO4S/c1-8(11)2-5-10-15(12,13)9-3-6-14-7-4-9/h8-11H,2-7H2,1H3. The third-order valence-corrected chi connectivity index (χ3v) is 4.43. The summed E-state index contributed by atoms with van der Waals surface area (Å²) in [6, 6.07) is 0. The maximum absolute atomic E-state index is 11.7. The van der Waals surface area contributed by atoms with Crippen molar-refractivity contribution in [2.24, 2.45) is 0 Å². The fourth-order valence-electron chi connectivity index (χ4n) is 1.51. The van der Waals surface area contributed by atoms with Crippen molar-refractivity contribution in [3.63, 3.8) is 0 Å². The summed E-state index contributed by atoms with van der Waals surface area (Å²) in [5.41, 5.74) is 0. The van der Waals surface area contributed by atoms with E-state index in [1.54, 1.807) is 6.92 Å². The third-order valence-electron chi connectivity index (χ3n) is 2.47. The van der Waals surface area contributed by atoms with Gasteiger partial charge < -0.3 is 9.84 Å². The fourth-order valence-corrected chi connectivity index (χ4v) is 2.97. The van der Waals surface area contributed by atoms with Gasteiger partial charge in [-0.05, 0) is 26.2 Å². The van der Waals surface area contributed by atoms with Crippen LogP contribution in [0.3, 0.4) is 0 Å². The quantitative estimate of drug-likeness (QED) is 0.697. The molecule has 0 bridgehead atoms. The molecule has 1 rings (SSSR count). The second-order valence-electron chi connectivity index (χ2n) is 3.89. The molecular weight excluding hydrogens is 218 g/mol. The Morgan fingerprint density at radius 1 is 1.47 bits per heavy atom. The van der Waals surface area contributed by atoms with Gasteiger partial charge in [0.2, 0.25) is 10.0 Å². The second-order valence-corrected chi connectivity index (χ2v) is 5.93. The van der Waals surface area contributed by atoms with E-state index in [0.29, 0.717) is 39.0 Å². The maximum Gasteiger partial charge on any atom is 0.214 e. The summed E-state index contributed by atoms with van der Waals surface area (Å²) in [4.78, 5) is 0. The van der Waals surface area contributed by atoms with Crippen LogP contribution < -0.4 is 4.72 Å². The topological polar surface area (TPSA) is 75.6 Å². The Morgan fingerprint density at radius 3 is 2.60 bits per heavy atom. The normalized spacial score (nSPS) is 21.5. The van der Waals surface area contributed by atoms with Crippen molar-refractivity contribution in [1.29, 1.82) is 0 Å². The summed E-state index contributed by atoms with van der Waals surface area (Å²) in [6.45, 7) is 2.98. The van der Waals surface area contributed by atoms with Crippen LogP contribution in [0.25, 0.3) is 0 Å². The molecule has 90 valence electrons. The minimum Gasteiger partial charge on any atom is -0.393 e. The summed E-state index contributed by atoms with van der Waals surface area (Å²) in [5.74, 6) is 0. The predicted octanol–water partition coefficient (Wildman–Crippen LogP) is -0.144. The zero-order valence-corrected chi connectivity index (χ0v) is 9.79. The first-order chi connectivity index (χ1) is 7.02. The molecule has 2 N–H and O–H groups in total. The van der Waals surface area contributed by atoms with Crippen molar-refractivity contribution in [2.45, 2.75) is 37.5 Å². The van der Waals surface area contributed by atoms with Crippen LogP contribution in [0.5, 0.6) is 0 Å². The monoisotopic (exact) mass is 237 g/mol. The first-order valence-electron chi connectivity index (χ1n) is 5.26. The number of nitrogens with one attached hydrogen (secondary N) is 1. The van der Waals surface area contributed by atoms with Crippen molar-refractivity contribution in [3.05, 3.63) is 0 Å². The maximum atomic E-state index is 11.7. The molecular formula is C9H19NO4S. The molecule has 5 nitrogen and oxygen atoms in total. The van der Waals surface area contributed by atoms with E-state index in [9.17, 15) is 8.42 Å². The molecule has 1 aliphatic heterocycles. The van der Waals surface area contributed by atoms with E-state index in [2.05, 4.69) is 4.72 Å². The lowest BCUT2D eigenvalue weighted by atomic mass is 10.2. The van der Waals surface area contributed by atoms with Gasteiger partial charge in [-0.3, -0.25) is 0 Å². The highest BCUT2D eigenvalue weighted by Gasteiger charge is 2.26. The molecule has 0 saturated carbocycles. The molecule has 0 aromatic rings. The Bertz CT molecular complexity index is 270. The fraction of sp³-hybridized carbons (Fsp3) is 1.00. The highest BCUT2D eigenvalue weighted by atomic mass is 32.2. The number of hydrogen-bond acceptors (Lipinski definition) is 4. The molecule has 0 aliphatic carbocycles. The largest absolute Gasteiger partial charge is 0.393 e. The lowest BCUT2D eigenvalue weighted by Gasteiger charge is -2.22. The molecule has 0 radical (unpaired) electrons. The molecule has 0 amide bonds. The lowest BCUT2D eigenvalue weighted by molar-refractivity contribution is 0.0981. The van der Waals surface area contributed by atoms with Gasteiger partial charge in [-0.1, -0.05) is 0 Å². The highest BCUT2D eigenvalue weighted by molar-refractivity contribution is 7.90. The van der Waals surface area contributed by atoms with Crippen molar-refractivity contribution < 1.29 is 18.3 Å². The van der Waals surface area contributed by atoms with Crippen LogP contribution in [0, 0.1) is 0 Å². The van der Waals surface area contributed by atoms with Gasteiger partial charge in [0.15, 0.2) is 0 Å². The minimum atomic E-state index is -3.22. The third kappa shape index (κ3) is 4.46. The van der Waals surface area contributed by atoms with Gasteiger partial charge >= 0.3 is 0 Å². The van der Waals surface area contributed by atoms with Gasteiger partial charge in [0.05, 0.1) is 11.4 Å². The zero-order valence-electron chi connectivity index (χ0n) is 8.98. The molecule has 0 aromatic heterocycles. The smallest absolute Gasteiger partial charge is 0.214 e. The van der Waals surface area contributed by atoms with Gasteiger partial charge in [-0.2, -0.15) is 0 Å². The van der Waals surface area contributed by atoms with Crippen LogP contribution >= 0.6 is 0 Å². The second kappa shape index (κ2) is 5.79. The van der Waals surface area contributed by atoms with Crippen LogP contribution in [0.4, 0.5) is 0 Å². The Hall–Kier alpha value is -0.170. The molecule has 1 atom stereocenters. The number of aliphatic hydroxyl groups excluding tert-OH is 1. The van der Waals surface area contributed by atoms with Crippen LogP contribution in [-0.4, -0.2) is 44.6 Å². The van der Waals surface area contributed by atoms with Crippen molar-refractivity contribution in [3.8, 4) is 0 Å². The molecule has 0 spiro atoms. The Kier molecular flexibility index (Phi) is 4.98. The van der Waals surface area contributed by atoms with E-state index >= 15 is 0 Å². The number of rotatable bonds is 5. The number of hydrogen-bond donors (Lipinski definition) is 2. The van der Waals surface area contributed by atoms with Crippen LogP contribution in [0.2, 0.25) is 0 Å². The summed E-state index contributed by atoms with van der Waals surface area (Å²) in [5, 5.41) is 8.67. The molecule has 15 heavy (non-hydrogen) atoms. The van der Waals surface area contributed by atoms with Crippen molar-refractivity contribution >= 4 is 10.0 Å². The predicted molar refractivity (Wildman–Crippen MR) is 57.1 cm³/mol. The minimum absolute atomic E-state index is 0.303. The Labute approximate surface area is 90.9 Å². The van der Waals surface area contributed by atoms with Crippen molar-refractivity contribution in [1.82, 2.24) is 4.72 Å². The van der Waals surface area contributed by atoms with Crippen molar-refractivity contribution in [2.75, 3.05) is 19.8 Å². The van der Waals surface area contributed by atoms with E-state index < -0.39 is 16.1 Å². The molecule has 1 heterocycles. The molecule has 0 aromatic carbocycles. The van der Waals surface area contributed by atoms with E-state index in [1.165, 1.54) is 0 Å². The van der Waals surface area contributed by atoms with E-state index in [0.717, 1.165) is 0 Å². The highest BCUT2D eigenvalue weighted by Crippen LogP contribution is 2.14. The van der Waals surface area contributed by atoms with Gasteiger partial charge in [0.1, 0.15) is 0 Å². The van der Waals surface area contributed by atoms with Crippen LogP contribution in [-0.2, 0) is 14.8 Å². The average Bonchev–Trinajstić information content (AvgIpc) is 2.18. The number of sulfonamides is 1.